The van der Waals surface area contributed by atoms with Crippen molar-refractivity contribution >= 4 is 12.0 Å². The van der Waals surface area contributed by atoms with Crippen LogP contribution in [0.1, 0.15) is 26.2 Å². The molecule has 0 spiro atoms. The average Bonchev–Trinajstić information content (AvgIpc) is 2.42. The molecule has 0 aromatic rings. The van der Waals surface area contributed by atoms with Crippen molar-refractivity contribution in [2.45, 2.75) is 26.2 Å². The quantitative estimate of drug-likeness (QED) is 0.704. The van der Waals surface area contributed by atoms with E-state index in [1.54, 1.807) is 4.90 Å². The summed E-state index contributed by atoms with van der Waals surface area (Å²) >= 11 is 0. The molecular formula is C10H18N2O4. The van der Waals surface area contributed by atoms with Gasteiger partial charge >= 0.3 is 12.0 Å². The van der Waals surface area contributed by atoms with Crippen LogP contribution in [0.2, 0.25) is 0 Å². The van der Waals surface area contributed by atoms with E-state index in [1.165, 1.54) is 0 Å². The molecule has 0 bridgehead atoms. The minimum absolute atomic E-state index is 0.352. The van der Waals surface area contributed by atoms with Crippen molar-refractivity contribution in [1.29, 1.82) is 0 Å². The lowest BCUT2D eigenvalue weighted by molar-refractivity contribution is -0.144. The summed E-state index contributed by atoms with van der Waals surface area (Å²) in [5, 5.41) is 8.33. The predicted octanol–water partition coefficient (Wildman–Crippen LogP) is 0.834. The van der Waals surface area contributed by atoms with Crippen LogP contribution in [0.4, 0.5) is 4.79 Å². The fourth-order valence-electron chi connectivity index (χ4n) is 1.69. The monoisotopic (exact) mass is 230 g/mol. The molecule has 6 nitrogen and oxygen atoms in total. The lowest BCUT2D eigenvalue weighted by atomic mass is 10.0. The number of hydrogen-bond donors (Lipinski definition) is 2. The number of aliphatic carboxylic acids is 1. The zero-order chi connectivity index (χ0) is 12.0. The maximum Gasteiger partial charge on any atom is 0.341 e. The Labute approximate surface area is 94.5 Å². The molecular weight excluding hydrogens is 212 g/mol. The molecule has 1 aliphatic rings. The van der Waals surface area contributed by atoms with Crippen molar-refractivity contribution in [3.63, 3.8) is 0 Å². The van der Waals surface area contributed by atoms with E-state index in [-0.39, 0.29) is 6.03 Å². The molecule has 1 heterocycles. The van der Waals surface area contributed by atoms with Gasteiger partial charge in [0.05, 0.1) is 0 Å². The van der Waals surface area contributed by atoms with Crippen molar-refractivity contribution in [2.75, 3.05) is 19.7 Å². The van der Waals surface area contributed by atoms with Crippen LogP contribution >= 0.6 is 0 Å². The molecule has 0 radical (unpaired) electrons. The fraction of sp³-hybridized carbons (Fsp3) is 0.800. The number of nitrogens with zero attached hydrogens (tertiary/aromatic N) is 1. The van der Waals surface area contributed by atoms with Gasteiger partial charge in [-0.2, -0.15) is 0 Å². The SMILES string of the molecule is CC1CCCN(C(=O)NOCC(=O)O)CC1. The number of carboxylic acids is 1. The van der Waals surface area contributed by atoms with Gasteiger partial charge in [-0.3, -0.25) is 4.84 Å². The Morgan fingerprint density at radius 2 is 2.19 bits per heavy atom. The highest BCUT2D eigenvalue weighted by atomic mass is 16.7. The van der Waals surface area contributed by atoms with Crippen molar-refractivity contribution in [3.05, 3.63) is 0 Å². The van der Waals surface area contributed by atoms with Crippen molar-refractivity contribution in [1.82, 2.24) is 10.4 Å². The van der Waals surface area contributed by atoms with Crippen LogP contribution in [-0.4, -0.2) is 41.7 Å². The first-order valence-corrected chi connectivity index (χ1v) is 5.48. The van der Waals surface area contributed by atoms with Gasteiger partial charge in [0.15, 0.2) is 6.61 Å². The Kier molecular flexibility index (Phi) is 5.04. The Bertz CT molecular complexity index is 257. The van der Waals surface area contributed by atoms with E-state index in [0.717, 1.165) is 19.3 Å². The fourth-order valence-corrected chi connectivity index (χ4v) is 1.69. The summed E-state index contributed by atoms with van der Waals surface area (Å²) in [4.78, 5) is 27.9. The third-order valence-electron chi connectivity index (χ3n) is 2.66. The Balaban J connectivity index is 2.27. The van der Waals surface area contributed by atoms with Crippen molar-refractivity contribution in [3.8, 4) is 0 Å². The van der Waals surface area contributed by atoms with E-state index in [1.807, 2.05) is 0 Å². The van der Waals surface area contributed by atoms with Crippen LogP contribution in [0.25, 0.3) is 0 Å². The van der Waals surface area contributed by atoms with Gasteiger partial charge in [-0.25, -0.2) is 15.1 Å². The Hall–Kier alpha value is -1.30. The van der Waals surface area contributed by atoms with Gasteiger partial charge < -0.3 is 10.0 Å². The summed E-state index contributed by atoms with van der Waals surface area (Å²) in [6.45, 7) is 3.05. The molecule has 0 saturated carbocycles. The number of carbonyl (C=O) groups is 2. The molecule has 1 saturated heterocycles. The summed E-state index contributed by atoms with van der Waals surface area (Å²) in [5.41, 5.74) is 2.13. The zero-order valence-corrected chi connectivity index (χ0v) is 9.44. The molecule has 6 heteroatoms. The van der Waals surface area contributed by atoms with E-state index in [4.69, 9.17) is 5.11 Å². The highest BCUT2D eigenvalue weighted by molar-refractivity contribution is 5.73. The molecule has 0 aromatic heterocycles. The van der Waals surface area contributed by atoms with Gasteiger partial charge in [-0.05, 0) is 25.2 Å². The number of hydrogen-bond acceptors (Lipinski definition) is 3. The first kappa shape index (κ1) is 12.8. The number of hydroxylamine groups is 1. The number of urea groups is 1. The smallest absolute Gasteiger partial charge is 0.341 e. The van der Waals surface area contributed by atoms with E-state index in [9.17, 15) is 9.59 Å². The second kappa shape index (κ2) is 6.32. The maximum absolute atomic E-state index is 11.5. The van der Waals surface area contributed by atoms with Gasteiger partial charge in [0, 0.05) is 13.1 Å². The molecule has 92 valence electrons. The van der Waals surface area contributed by atoms with Crippen LogP contribution in [0.3, 0.4) is 0 Å². The minimum atomic E-state index is -1.11. The number of carbonyl (C=O) groups excluding carboxylic acids is 1. The molecule has 1 unspecified atom stereocenters. The van der Waals surface area contributed by atoms with Crippen molar-refractivity contribution < 1.29 is 19.5 Å². The number of likely N-dealkylation sites (tertiary alicyclic amines) is 1. The van der Waals surface area contributed by atoms with Crippen LogP contribution in [-0.2, 0) is 9.63 Å². The molecule has 2 N–H and O–H groups in total. The standard InChI is InChI=1S/C10H18N2O4/c1-8-3-2-5-12(6-4-8)10(15)11-16-7-9(13)14/h8H,2-7H2,1H3,(H,11,15)(H,13,14). The third-order valence-corrected chi connectivity index (χ3v) is 2.66. The van der Waals surface area contributed by atoms with Gasteiger partial charge in [-0.15, -0.1) is 0 Å². The molecule has 1 aliphatic heterocycles. The van der Waals surface area contributed by atoms with Gasteiger partial charge in [0.25, 0.3) is 0 Å². The van der Waals surface area contributed by atoms with Crippen LogP contribution in [0.5, 0.6) is 0 Å². The minimum Gasteiger partial charge on any atom is -0.479 e. The summed E-state index contributed by atoms with van der Waals surface area (Å²) < 4.78 is 0. The first-order valence-electron chi connectivity index (χ1n) is 5.48. The molecule has 1 rings (SSSR count). The largest absolute Gasteiger partial charge is 0.479 e. The molecule has 0 aliphatic carbocycles. The second-order valence-corrected chi connectivity index (χ2v) is 4.11. The van der Waals surface area contributed by atoms with Crippen molar-refractivity contribution in [2.24, 2.45) is 5.92 Å². The summed E-state index contributed by atoms with van der Waals surface area (Å²) in [6, 6.07) is -0.352. The highest BCUT2D eigenvalue weighted by Crippen LogP contribution is 2.16. The number of rotatable bonds is 3. The van der Waals surface area contributed by atoms with Gasteiger partial charge in [-0.1, -0.05) is 6.92 Å². The summed E-state index contributed by atoms with van der Waals surface area (Å²) in [6.07, 6.45) is 3.08. The lowest BCUT2D eigenvalue weighted by Gasteiger charge is -2.20. The highest BCUT2D eigenvalue weighted by Gasteiger charge is 2.18. The van der Waals surface area contributed by atoms with E-state index in [0.29, 0.717) is 19.0 Å². The first-order chi connectivity index (χ1) is 7.59. The third kappa shape index (κ3) is 4.48. The number of amides is 2. The van der Waals surface area contributed by atoms with Gasteiger partial charge in [0.2, 0.25) is 0 Å². The number of nitrogens with one attached hydrogen (secondary N) is 1. The summed E-state index contributed by atoms with van der Waals surface area (Å²) in [5.74, 6) is -0.470. The molecule has 16 heavy (non-hydrogen) atoms. The summed E-state index contributed by atoms with van der Waals surface area (Å²) in [7, 11) is 0. The Morgan fingerprint density at radius 3 is 2.88 bits per heavy atom. The van der Waals surface area contributed by atoms with E-state index >= 15 is 0 Å². The van der Waals surface area contributed by atoms with E-state index < -0.39 is 12.6 Å². The van der Waals surface area contributed by atoms with Gasteiger partial charge in [0.1, 0.15) is 0 Å². The normalized spacial score (nSPS) is 21.3. The van der Waals surface area contributed by atoms with Crippen LogP contribution in [0, 0.1) is 5.92 Å². The topological polar surface area (TPSA) is 78.9 Å². The maximum atomic E-state index is 11.5. The molecule has 1 atom stereocenters. The number of carboxylic acid groups (broad SMARTS) is 1. The molecule has 1 fully saturated rings. The van der Waals surface area contributed by atoms with E-state index in [2.05, 4.69) is 17.2 Å². The average molecular weight is 230 g/mol. The second-order valence-electron chi connectivity index (χ2n) is 4.11. The Morgan fingerprint density at radius 1 is 1.44 bits per heavy atom. The predicted molar refractivity (Wildman–Crippen MR) is 56.7 cm³/mol. The lowest BCUT2D eigenvalue weighted by Crippen LogP contribution is -2.41. The zero-order valence-electron chi connectivity index (χ0n) is 9.44. The van der Waals surface area contributed by atoms with Crippen LogP contribution < -0.4 is 5.48 Å². The molecule has 2 amide bonds. The molecule has 0 aromatic carbocycles. The van der Waals surface area contributed by atoms with Crippen LogP contribution in [0.15, 0.2) is 0 Å².